The fourth-order valence-electron chi connectivity index (χ4n) is 1.73. The predicted molar refractivity (Wildman–Crippen MR) is 64.4 cm³/mol. The van der Waals surface area contributed by atoms with E-state index in [0.717, 1.165) is 16.9 Å². The van der Waals surface area contributed by atoms with E-state index >= 15 is 0 Å². The first-order valence-electron chi connectivity index (χ1n) is 4.93. The Balaban J connectivity index is 2.10. The van der Waals surface area contributed by atoms with Crippen LogP contribution in [0.25, 0.3) is 11.1 Å². The molecule has 0 unspecified atom stereocenters. The molecule has 4 nitrogen and oxygen atoms in total. The van der Waals surface area contributed by atoms with E-state index in [0.29, 0.717) is 11.8 Å². The van der Waals surface area contributed by atoms with Crippen molar-refractivity contribution in [1.29, 1.82) is 0 Å². The van der Waals surface area contributed by atoms with Gasteiger partial charge in [0.2, 0.25) is 0 Å². The summed E-state index contributed by atoms with van der Waals surface area (Å²) in [4.78, 5) is 1.17. The van der Waals surface area contributed by atoms with Gasteiger partial charge in [-0.25, -0.2) is 0 Å². The van der Waals surface area contributed by atoms with Gasteiger partial charge >= 0.3 is 0 Å². The molecule has 0 fully saturated rings. The summed E-state index contributed by atoms with van der Waals surface area (Å²) in [6.45, 7) is 0. The van der Waals surface area contributed by atoms with Crippen LogP contribution in [0, 0.1) is 0 Å². The molecule has 0 radical (unpaired) electrons. The van der Waals surface area contributed by atoms with Crippen molar-refractivity contribution in [2.45, 2.75) is 4.90 Å². The third kappa shape index (κ3) is 1.36. The van der Waals surface area contributed by atoms with Gasteiger partial charge < -0.3 is 10.5 Å². The highest BCUT2D eigenvalue weighted by Gasteiger charge is 2.15. The van der Waals surface area contributed by atoms with Crippen LogP contribution in [0.5, 0.6) is 5.75 Å². The van der Waals surface area contributed by atoms with Crippen LogP contribution in [0.4, 0.5) is 5.82 Å². The van der Waals surface area contributed by atoms with Gasteiger partial charge in [-0.2, -0.15) is 5.10 Å². The zero-order valence-electron chi connectivity index (χ0n) is 8.80. The van der Waals surface area contributed by atoms with Gasteiger partial charge in [-0.3, -0.25) is 4.68 Å². The smallest absolute Gasteiger partial charge is 0.138 e. The SMILES string of the molecule is Cn1ncc(-c2ccc3c(c2)SCO3)c1N. The summed E-state index contributed by atoms with van der Waals surface area (Å²) in [6.07, 6.45) is 1.79. The summed E-state index contributed by atoms with van der Waals surface area (Å²) in [6, 6.07) is 6.09. The maximum absolute atomic E-state index is 5.94. The van der Waals surface area contributed by atoms with Gasteiger partial charge in [0.15, 0.2) is 0 Å². The first-order valence-corrected chi connectivity index (χ1v) is 5.92. The Labute approximate surface area is 97.4 Å². The molecule has 0 amide bonds. The van der Waals surface area contributed by atoms with Gasteiger partial charge in [-0.1, -0.05) is 17.8 Å². The second kappa shape index (κ2) is 3.45. The van der Waals surface area contributed by atoms with E-state index in [1.54, 1.807) is 22.6 Å². The molecule has 1 aromatic carbocycles. The molecule has 1 aliphatic rings. The summed E-state index contributed by atoms with van der Waals surface area (Å²) < 4.78 is 7.11. The van der Waals surface area contributed by atoms with Gasteiger partial charge in [0.1, 0.15) is 17.5 Å². The minimum Gasteiger partial charge on any atom is -0.481 e. The molecular weight excluding hydrogens is 222 g/mol. The van der Waals surface area contributed by atoms with Crippen LogP contribution in [0.3, 0.4) is 0 Å². The normalized spacial score (nSPS) is 13.6. The monoisotopic (exact) mass is 233 g/mol. The quantitative estimate of drug-likeness (QED) is 0.819. The number of aromatic nitrogens is 2. The summed E-state index contributed by atoms with van der Waals surface area (Å²) in [5.41, 5.74) is 8.00. The number of hydrogen-bond acceptors (Lipinski definition) is 4. The lowest BCUT2D eigenvalue weighted by atomic mass is 10.1. The van der Waals surface area contributed by atoms with Crippen molar-refractivity contribution in [3.63, 3.8) is 0 Å². The lowest BCUT2D eigenvalue weighted by Gasteiger charge is -2.03. The number of hydrogen-bond donors (Lipinski definition) is 1. The molecule has 3 rings (SSSR count). The Morgan fingerprint density at radius 3 is 3.12 bits per heavy atom. The zero-order valence-corrected chi connectivity index (χ0v) is 9.62. The number of nitrogen functional groups attached to an aromatic ring is 1. The average molecular weight is 233 g/mol. The van der Waals surface area contributed by atoms with E-state index in [2.05, 4.69) is 11.2 Å². The fourth-order valence-corrected chi connectivity index (χ4v) is 2.53. The average Bonchev–Trinajstić information content (AvgIpc) is 2.86. The van der Waals surface area contributed by atoms with Crippen molar-refractivity contribution in [3.8, 4) is 16.9 Å². The second-order valence-corrected chi connectivity index (χ2v) is 4.60. The van der Waals surface area contributed by atoms with E-state index < -0.39 is 0 Å². The molecule has 82 valence electrons. The molecule has 2 aromatic rings. The summed E-state index contributed by atoms with van der Waals surface area (Å²) in [5, 5.41) is 4.14. The predicted octanol–water partition coefficient (Wildman–Crippen LogP) is 2.11. The standard InChI is InChI=1S/C11H11N3OS/c1-14-11(12)8(5-13-14)7-2-3-9-10(4-7)16-6-15-9/h2-5H,6,12H2,1H3. The van der Waals surface area contributed by atoms with Gasteiger partial charge in [0, 0.05) is 12.6 Å². The summed E-state index contributed by atoms with van der Waals surface area (Å²) in [5.74, 6) is 2.33. The third-order valence-corrected chi connectivity index (χ3v) is 3.53. The number of anilines is 1. The van der Waals surface area contributed by atoms with Crippen LogP contribution >= 0.6 is 11.8 Å². The lowest BCUT2D eigenvalue weighted by molar-refractivity contribution is 0.397. The molecule has 0 atom stereocenters. The van der Waals surface area contributed by atoms with E-state index in [9.17, 15) is 0 Å². The largest absolute Gasteiger partial charge is 0.481 e. The molecule has 2 heterocycles. The van der Waals surface area contributed by atoms with Crippen LogP contribution in [-0.2, 0) is 7.05 Å². The van der Waals surface area contributed by atoms with Crippen LogP contribution in [-0.4, -0.2) is 15.7 Å². The van der Waals surface area contributed by atoms with Crippen molar-refractivity contribution in [2.24, 2.45) is 7.05 Å². The molecule has 1 aliphatic heterocycles. The molecule has 5 heteroatoms. The topological polar surface area (TPSA) is 53.1 Å². The number of benzene rings is 1. The minimum absolute atomic E-state index is 0.684. The first kappa shape index (κ1) is 9.59. The van der Waals surface area contributed by atoms with Crippen molar-refractivity contribution in [3.05, 3.63) is 24.4 Å². The van der Waals surface area contributed by atoms with Crippen molar-refractivity contribution >= 4 is 17.6 Å². The number of rotatable bonds is 1. The van der Waals surface area contributed by atoms with Crippen LogP contribution in [0.1, 0.15) is 0 Å². The number of nitrogens with two attached hydrogens (primary N) is 1. The van der Waals surface area contributed by atoms with Gasteiger partial charge in [0.05, 0.1) is 11.1 Å². The molecule has 1 aromatic heterocycles. The van der Waals surface area contributed by atoms with E-state index in [1.165, 1.54) is 4.90 Å². The molecule has 2 N–H and O–H groups in total. The van der Waals surface area contributed by atoms with Crippen molar-refractivity contribution in [2.75, 3.05) is 11.7 Å². The van der Waals surface area contributed by atoms with E-state index in [-0.39, 0.29) is 0 Å². The van der Waals surface area contributed by atoms with E-state index in [4.69, 9.17) is 10.5 Å². The number of fused-ring (bicyclic) bond motifs is 1. The molecule has 16 heavy (non-hydrogen) atoms. The zero-order chi connectivity index (χ0) is 11.1. The first-order chi connectivity index (χ1) is 7.75. The molecular formula is C11H11N3OS. The summed E-state index contributed by atoms with van der Waals surface area (Å²) >= 11 is 1.70. The third-order valence-electron chi connectivity index (χ3n) is 2.67. The Bertz CT molecular complexity index is 550. The Kier molecular flexibility index (Phi) is 2.07. The highest BCUT2D eigenvalue weighted by atomic mass is 32.2. The maximum Gasteiger partial charge on any atom is 0.138 e. The molecule has 0 saturated heterocycles. The Morgan fingerprint density at radius 2 is 2.38 bits per heavy atom. The van der Waals surface area contributed by atoms with Crippen molar-refractivity contribution < 1.29 is 4.74 Å². The number of thioether (sulfide) groups is 1. The van der Waals surface area contributed by atoms with Gasteiger partial charge in [0.25, 0.3) is 0 Å². The number of ether oxygens (including phenoxy) is 1. The number of nitrogens with zero attached hydrogens (tertiary/aromatic N) is 2. The highest BCUT2D eigenvalue weighted by molar-refractivity contribution is 7.99. The number of aryl methyl sites for hydroxylation is 1. The second-order valence-electron chi connectivity index (χ2n) is 3.64. The van der Waals surface area contributed by atoms with Crippen LogP contribution in [0.15, 0.2) is 29.3 Å². The van der Waals surface area contributed by atoms with Crippen molar-refractivity contribution in [1.82, 2.24) is 9.78 Å². The van der Waals surface area contributed by atoms with E-state index in [1.807, 2.05) is 19.2 Å². The van der Waals surface area contributed by atoms with Gasteiger partial charge in [-0.05, 0) is 17.7 Å². The summed E-state index contributed by atoms with van der Waals surface area (Å²) in [7, 11) is 1.84. The van der Waals surface area contributed by atoms with Gasteiger partial charge in [-0.15, -0.1) is 0 Å². The van der Waals surface area contributed by atoms with Crippen LogP contribution in [0.2, 0.25) is 0 Å². The highest BCUT2D eigenvalue weighted by Crippen LogP contribution is 2.39. The molecule has 0 aliphatic carbocycles. The molecule has 0 spiro atoms. The lowest BCUT2D eigenvalue weighted by Crippen LogP contribution is -1.98. The maximum atomic E-state index is 5.94. The van der Waals surface area contributed by atoms with Crippen LogP contribution < -0.4 is 10.5 Å². The molecule has 0 saturated carbocycles. The fraction of sp³-hybridized carbons (Fsp3) is 0.182. The molecule has 0 bridgehead atoms. The Morgan fingerprint density at radius 1 is 1.50 bits per heavy atom. The minimum atomic E-state index is 0.684. The Hall–Kier alpha value is -1.62.